The molecule has 2 saturated heterocycles. The third-order valence-electron chi connectivity index (χ3n) is 6.75. The zero-order valence-electron chi connectivity index (χ0n) is 21.2. The predicted molar refractivity (Wildman–Crippen MR) is 139 cm³/mol. The molecule has 2 aliphatic rings. The Labute approximate surface area is 220 Å². The minimum atomic E-state index is -1.51. The second-order valence-corrected chi connectivity index (χ2v) is 10.7. The SMILES string of the molecule is C[N+]1(C)CN(c2ccccc2)C2(CCN(CCCC(=O)c3cccs3)CC2)C1=O.O=C([O-])/C=C/C(=O)O. The van der Waals surface area contributed by atoms with E-state index in [1.54, 1.807) is 0 Å². The molecule has 0 aliphatic carbocycles. The second-order valence-electron chi connectivity index (χ2n) is 9.76. The van der Waals surface area contributed by atoms with E-state index >= 15 is 0 Å². The van der Waals surface area contributed by atoms with Crippen molar-refractivity contribution in [2.75, 3.05) is 45.3 Å². The molecule has 1 amide bonds. The minimum Gasteiger partial charge on any atom is -0.545 e. The monoisotopic (exact) mass is 527 g/mol. The zero-order chi connectivity index (χ0) is 27.1. The number of thiophene rings is 1. The highest BCUT2D eigenvalue weighted by Crippen LogP contribution is 2.41. The number of hydrogen-bond acceptors (Lipinski definition) is 8. The number of hydrogen-bond donors (Lipinski definition) is 1. The number of amides is 1. The Balaban J connectivity index is 0.000000414. The highest BCUT2D eigenvalue weighted by Gasteiger charge is 2.60. The van der Waals surface area contributed by atoms with Crippen LogP contribution in [0.5, 0.6) is 0 Å². The van der Waals surface area contributed by atoms with Crippen molar-refractivity contribution in [1.82, 2.24) is 4.90 Å². The molecule has 37 heavy (non-hydrogen) atoms. The Bertz CT molecular complexity index is 1110. The number of Topliss-reactive ketones (excluding diaryl/α,β-unsaturated/α-hetero) is 1. The molecule has 0 saturated carbocycles. The molecule has 3 heterocycles. The van der Waals surface area contributed by atoms with E-state index < -0.39 is 17.5 Å². The summed E-state index contributed by atoms with van der Waals surface area (Å²) in [5, 5.41) is 19.2. The van der Waals surface area contributed by atoms with Crippen LogP contribution >= 0.6 is 11.3 Å². The third kappa shape index (κ3) is 7.12. The van der Waals surface area contributed by atoms with Crippen LogP contribution < -0.4 is 10.0 Å². The first-order valence-corrected chi connectivity index (χ1v) is 13.0. The molecular weight excluding hydrogens is 494 g/mol. The number of carboxylic acids is 2. The van der Waals surface area contributed by atoms with Gasteiger partial charge in [-0.25, -0.2) is 14.1 Å². The normalized spacial score (nSPS) is 18.5. The van der Waals surface area contributed by atoms with E-state index in [1.807, 2.05) is 49.8 Å². The van der Waals surface area contributed by atoms with Crippen molar-refractivity contribution in [3.63, 3.8) is 0 Å². The Morgan fingerprint density at radius 3 is 2.30 bits per heavy atom. The molecule has 9 nitrogen and oxygen atoms in total. The summed E-state index contributed by atoms with van der Waals surface area (Å²) in [7, 11) is 4.05. The summed E-state index contributed by atoms with van der Waals surface area (Å²) in [5.41, 5.74) is 0.730. The Kier molecular flexibility index (Phi) is 9.36. The Morgan fingerprint density at radius 1 is 1.08 bits per heavy atom. The molecule has 10 heteroatoms. The van der Waals surface area contributed by atoms with Crippen LogP contribution in [0.2, 0.25) is 0 Å². The van der Waals surface area contributed by atoms with Crippen LogP contribution in [-0.2, 0) is 14.4 Å². The fourth-order valence-corrected chi connectivity index (χ4v) is 5.66. The Hall–Kier alpha value is -3.34. The third-order valence-corrected chi connectivity index (χ3v) is 7.66. The fraction of sp³-hybridized carbons (Fsp3) is 0.407. The number of rotatable bonds is 8. The molecule has 0 radical (unpaired) electrons. The molecule has 2 aliphatic heterocycles. The van der Waals surface area contributed by atoms with Crippen LogP contribution in [-0.4, -0.2) is 84.1 Å². The molecule has 1 spiro atoms. The molecule has 2 fully saturated rings. The van der Waals surface area contributed by atoms with Gasteiger partial charge >= 0.3 is 11.9 Å². The molecule has 1 aromatic heterocycles. The second kappa shape index (κ2) is 12.3. The molecule has 198 valence electrons. The van der Waals surface area contributed by atoms with Gasteiger partial charge in [0.2, 0.25) is 0 Å². The standard InChI is InChI=1S/C23H30N3O2S.C4H4O4/c1-26(2)18-25(19-8-4-3-5-9-19)23(22(26)28)12-15-24(16-13-23)14-6-10-20(27)21-11-7-17-29-21;5-3(6)1-2-4(7)8/h3-5,7-9,11,17H,6,10,12-16,18H2,1-2H3;1-2H,(H,5,6)(H,7,8)/q+1;/p-1/b;2-1+. The number of ketones is 1. The van der Waals surface area contributed by atoms with Crippen molar-refractivity contribution in [2.45, 2.75) is 31.2 Å². The predicted octanol–water partition coefficient (Wildman–Crippen LogP) is 2.00. The fourth-order valence-electron chi connectivity index (χ4n) is 4.96. The van der Waals surface area contributed by atoms with Crippen molar-refractivity contribution in [1.29, 1.82) is 0 Å². The first-order valence-electron chi connectivity index (χ1n) is 12.2. The van der Waals surface area contributed by atoms with Gasteiger partial charge in [-0.15, -0.1) is 11.3 Å². The van der Waals surface area contributed by atoms with Gasteiger partial charge in [0, 0.05) is 31.3 Å². The van der Waals surface area contributed by atoms with Crippen molar-refractivity contribution in [3.05, 3.63) is 64.9 Å². The summed E-state index contributed by atoms with van der Waals surface area (Å²) in [5.74, 6) is -2.23. The number of carbonyl (C=O) groups excluding carboxylic acids is 3. The minimum absolute atomic E-state index is 0.244. The van der Waals surface area contributed by atoms with Crippen LogP contribution in [0.3, 0.4) is 0 Å². The van der Waals surface area contributed by atoms with Gasteiger partial charge in [-0.2, -0.15) is 0 Å². The zero-order valence-corrected chi connectivity index (χ0v) is 22.0. The van der Waals surface area contributed by atoms with E-state index in [9.17, 15) is 24.3 Å². The van der Waals surface area contributed by atoms with Gasteiger partial charge in [0.25, 0.3) is 0 Å². The van der Waals surface area contributed by atoms with Crippen LogP contribution in [0.25, 0.3) is 0 Å². The number of nitrogens with zero attached hydrogens (tertiary/aromatic N) is 3. The number of carbonyl (C=O) groups is 4. The number of benzene rings is 1. The van der Waals surface area contributed by atoms with Gasteiger partial charge in [0.05, 0.1) is 24.9 Å². The molecule has 0 unspecified atom stereocenters. The van der Waals surface area contributed by atoms with Crippen molar-refractivity contribution in [2.24, 2.45) is 0 Å². The number of likely N-dealkylation sites (N-methyl/N-ethyl adjacent to an activating group) is 1. The van der Waals surface area contributed by atoms with E-state index in [-0.39, 0.29) is 5.78 Å². The summed E-state index contributed by atoms with van der Waals surface area (Å²) < 4.78 is 0.407. The number of carboxylic acid groups (broad SMARTS) is 2. The van der Waals surface area contributed by atoms with E-state index in [0.29, 0.717) is 29.0 Å². The molecular formula is C27H33N3O6S. The van der Waals surface area contributed by atoms with Crippen LogP contribution in [0.1, 0.15) is 35.4 Å². The molecule has 2 aromatic rings. The quantitative estimate of drug-likeness (QED) is 0.315. The van der Waals surface area contributed by atoms with Gasteiger partial charge in [-0.05, 0) is 55.5 Å². The number of aliphatic carboxylic acids is 2. The largest absolute Gasteiger partial charge is 0.545 e. The topological polar surface area (TPSA) is 118 Å². The van der Waals surface area contributed by atoms with Crippen molar-refractivity contribution >= 4 is 40.7 Å². The maximum Gasteiger partial charge on any atom is 0.340 e. The number of para-hydroxylation sites is 1. The first-order chi connectivity index (χ1) is 17.5. The molecule has 0 bridgehead atoms. The summed E-state index contributed by atoms with van der Waals surface area (Å²) in [6.07, 6.45) is 4.11. The van der Waals surface area contributed by atoms with E-state index in [1.165, 1.54) is 11.3 Å². The smallest absolute Gasteiger partial charge is 0.340 e. The number of piperidine rings is 1. The lowest BCUT2D eigenvalue weighted by Gasteiger charge is -2.41. The average molecular weight is 528 g/mol. The van der Waals surface area contributed by atoms with E-state index in [2.05, 4.69) is 21.9 Å². The molecule has 4 rings (SSSR count). The maximum atomic E-state index is 13.4. The highest BCUT2D eigenvalue weighted by atomic mass is 32.1. The first kappa shape index (κ1) is 28.2. The summed E-state index contributed by atoms with van der Waals surface area (Å²) in [4.78, 5) is 50.2. The number of quaternary nitrogens is 1. The van der Waals surface area contributed by atoms with Crippen LogP contribution in [0, 0.1) is 0 Å². The van der Waals surface area contributed by atoms with Gasteiger partial charge in [0.15, 0.2) is 18.0 Å². The van der Waals surface area contributed by atoms with Crippen molar-refractivity contribution < 1.29 is 33.9 Å². The molecule has 0 atom stereocenters. The van der Waals surface area contributed by atoms with Gasteiger partial charge in [-0.1, -0.05) is 24.3 Å². The lowest BCUT2D eigenvalue weighted by atomic mass is 9.85. The highest BCUT2D eigenvalue weighted by molar-refractivity contribution is 7.12. The summed E-state index contributed by atoms with van der Waals surface area (Å²) in [6, 6.07) is 14.2. The van der Waals surface area contributed by atoms with Crippen molar-refractivity contribution in [3.8, 4) is 0 Å². The van der Waals surface area contributed by atoms with Crippen LogP contribution in [0.15, 0.2) is 60.0 Å². The van der Waals surface area contributed by atoms with Gasteiger partial charge < -0.3 is 24.8 Å². The number of anilines is 1. The van der Waals surface area contributed by atoms with Crippen LogP contribution in [0.4, 0.5) is 5.69 Å². The Morgan fingerprint density at radius 2 is 1.76 bits per heavy atom. The average Bonchev–Trinajstić information content (AvgIpc) is 3.48. The number of likely N-dealkylation sites (tertiary alicyclic amines) is 1. The molecule has 1 N–H and O–H groups in total. The van der Waals surface area contributed by atoms with E-state index in [4.69, 9.17) is 5.11 Å². The molecule has 1 aromatic carbocycles. The lowest BCUT2D eigenvalue weighted by molar-refractivity contribution is -0.804. The van der Waals surface area contributed by atoms with E-state index in [0.717, 1.165) is 56.1 Å². The summed E-state index contributed by atoms with van der Waals surface area (Å²) >= 11 is 1.52. The summed E-state index contributed by atoms with van der Waals surface area (Å²) in [6.45, 7) is 3.45. The van der Waals surface area contributed by atoms with Gasteiger partial charge in [0.1, 0.15) is 0 Å². The van der Waals surface area contributed by atoms with Gasteiger partial charge in [-0.3, -0.25) is 4.79 Å². The maximum absolute atomic E-state index is 13.4. The lowest BCUT2D eigenvalue weighted by Crippen LogP contribution is -2.57.